The number of aliphatic hydroxyl groups is 1. The Labute approximate surface area is 351 Å². The zero-order chi connectivity index (χ0) is 41.7. The Hall–Kier alpha value is -5.94. The number of carbonyl (C=O) groups excluding carboxylic acids is 1. The van der Waals surface area contributed by atoms with Gasteiger partial charge in [0.15, 0.2) is 17.8 Å². The maximum atomic E-state index is 15.3. The van der Waals surface area contributed by atoms with Gasteiger partial charge in [-0.25, -0.2) is 9.80 Å². The lowest BCUT2D eigenvalue weighted by atomic mass is 9.99. The van der Waals surface area contributed by atoms with E-state index in [0.717, 1.165) is 27.8 Å². The van der Waals surface area contributed by atoms with Crippen LogP contribution in [0.3, 0.4) is 0 Å². The van der Waals surface area contributed by atoms with Crippen molar-refractivity contribution in [2.75, 3.05) is 20.0 Å². The molecule has 0 aromatic heterocycles. The summed E-state index contributed by atoms with van der Waals surface area (Å²) in [5.41, 5.74) is 4.95. The van der Waals surface area contributed by atoms with E-state index in [-0.39, 0.29) is 56.7 Å². The maximum absolute atomic E-state index is 15.3. The average molecular weight is 828 g/mol. The van der Waals surface area contributed by atoms with Crippen LogP contribution in [0.4, 0.5) is 4.79 Å². The van der Waals surface area contributed by atoms with Crippen molar-refractivity contribution >= 4 is 13.6 Å². The normalized spacial score (nSPS) is 16.1. The molecule has 6 aromatic rings. The number of benzene rings is 6. The van der Waals surface area contributed by atoms with Gasteiger partial charge in [0, 0.05) is 18.7 Å². The van der Waals surface area contributed by atoms with E-state index in [9.17, 15) is 14.8 Å². The molecule has 1 aliphatic rings. The first-order chi connectivity index (χ1) is 29.3. The van der Waals surface area contributed by atoms with Crippen molar-refractivity contribution in [3.63, 3.8) is 0 Å². The number of carbonyl (C=O) groups is 1. The molecule has 0 aliphatic carbocycles. The minimum absolute atomic E-state index is 0.0124. The number of ether oxygens (including phenoxy) is 2. The molecule has 1 saturated heterocycles. The van der Waals surface area contributed by atoms with Gasteiger partial charge in [-0.2, -0.15) is 0 Å². The first-order valence-corrected chi connectivity index (χ1v) is 21.6. The zero-order valence-corrected chi connectivity index (χ0v) is 34.4. The molecule has 0 radical (unpaired) electrons. The number of para-hydroxylation sites is 1. The molecule has 2 amide bonds. The third kappa shape index (κ3) is 11.2. The molecular weight excluding hydrogens is 778 g/mol. The van der Waals surface area contributed by atoms with E-state index in [4.69, 9.17) is 18.5 Å². The number of aliphatic hydroxyl groups excluding tert-OH is 1. The van der Waals surface area contributed by atoms with Crippen LogP contribution in [0.1, 0.15) is 33.4 Å². The highest BCUT2D eigenvalue weighted by Gasteiger charge is 2.41. The Morgan fingerprint density at radius 1 is 0.633 bits per heavy atom. The molecule has 0 bridgehead atoms. The van der Waals surface area contributed by atoms with E-state index < -0.39 is 19.7 Å². The van der Waals surface area contributed by atoms with E-state index in [1.807, 2.05) is 145 Å². The number of phenolic OH excluding ortho intramolecular Hbond substituents is 1. The van der Waals surface area contributed by atoms with Gasteiger partial charge in [-0.3, -0.25) is 9.57 Å². The number of hydrazine groups is 1. The van der Waals surface area contributed by atoms with Gasteiger partial charge >= 0.3 is 13.6 Å². The van der Waals surface area contributed by atoms with Gasteiger partial charge in [0.25, 0.3) is 0 Å². The molecule has 2 unspecified atom stereocenters. The van der Waals surface area contributed by atoms with E-state index in [1.165, 1.54) is 7.11 Å². The van der Waals surface area contributed by atoms with Crippen molar-refractivity contribution < 1.29 is 38.1 Å². The van der Waals surface area contributed by atoms with Gasteiger partial charge in [-0.1, -0.05) is 146 Å². The largest absolute Gasteiger partial charge is 0.504 e. The van der Waals surface area contributed by atoms with E-state index >= 15 is 4.79 Å². The third-order valence-corrected chi connectivity index (χ3v) is 11.8. The van der Waals surface area contributed by atoms with Crippen LogP contribution >= 0.6 is 7.60 Å². The van der Waals surface area contributed by atoms with E-state index in [1.54, 1.807) is 34.2 Å². The number of amides is 2. The predicted molar refractivity (Wildman–Crippen MR) is 230 cm³/mol. The molecule has 0 spiro atoms. The first kappa shape index (κ1) is 42.2. The number of rotatable bonds is 18. The number of hydrogen-bond donors (Lipinski definition) is 2. The van der Waals surface area contributed by atoms with Crippen LogP contribution in [-0.4, -0.2) is 63.3 Å². The van der Waals surface area contributed by atoms with Crippen LogP contribution in [-0.2, 0) is 52.9 Å². The zero-order valence-electron chi connectivity index (χ0n) is 33.5. The molecule has 7 rings (SSSR count). The van der Waals surface area contributed by atoms with Gasteiger partial charge in [0.2, 0.25) is 0 Å². The topological polar surface area (TPSA) is 121 Å². The Kier molecular flexibility index (Phi) is 14.3. The van der Waals surface area contributed by atoms with E-state index in [2.05, 4.69) is 0 Å². The Bertz CT molecular complexity index is 2270. The summed E-state index contributed by atoms with van der Waals surface area (Å²) in [5.74, 6) is 0.666. The summed E-state index contributed by atoms with van der Waals surface area (Å²) in [6.45, 7) is 0.804. The summed E-state index contributed by atoms with van der Waals surface area (Å²) < 4.78 is 38.2. The summed E-state index contributed by atoms with van der Waals surface area (Å²) in [7, 11) is -2.37. The molecule has 1 heterocycles. The number of aromatic hydroxyl groups is 1. The number of phenols is 1. The van der Waals surface area contributed by atoms with Gasteiger partial charge in [0.1, 0.15) is 5.75 Å². The molecular formula is C48H50N3O8P. The second-order valence-electron chi connectivity index (χ2n) is 14.6. The van der Waals surface area contributed by atoms with Crippen molar-refractivity contribution in [3.05, 3.63) is 197 Å². The highest BCUT2D eigenvalue weighted by Crippen LogP contribution is 2.50. The number of hydrogen-bond acceptors (Lipinski definition) is 9. The summed E-state index contributed by atoms with van der Waals surface area (Å²) in [6.07, 6.45) is -0.969. The highest BCUT2D eigenvalue weighted by atomic mass is 31.2. The van der Waals surface area contributed by atoms with Crippen molar-refractivity contribution in [2.45, 2.75) is 51.4 Å². The van der Waals surface area contributed by atoms with Gasteiger partial charge in [-0.15, -0.1) is 0 Å². The van der Waals surface area contributed by atoms with E-state index in [0.29, 0.717) is 24.3 Å². The third-order valence-electron chi connectivity index (χ3n) is 10.4. The summed E-state index contributed by atoms with van der Waals surface area (Å²) >= 11 is 0. The van der Waals surface area contributed by atoms with Crippen molar-refractivity contribution in [3.8, 4) is 17.2 Å². The first-order valence-electron chi connectivity index (χ1n) is 19.9. The van der Waals surface area contributed by atoms with Gasteiger partial charge < -0.3 is 33.6 Å². The molecule has 0 saturated carbocycles. The highest BCUT2D eigenvalue weighted by molar-refractivity contribution is 7.53. The second kappa shape index (κ2) is 20.4. The van der Waals surface area contributed by atoms with Gasteiger partial charge in [-0.05, 0) is 52.4 Å². The number of nitrogens with zero attached hydrogens (tertiary/aromatic N) is 3. The molecule has 1 fully saturated rings. The molecule has 1 aliphatic heterocycles. The van der Waals surface area contributed by atoms with Crippen LogP contribution in [0.15, 0.2) is 164 Å². The summed E-state index contributed by atoms with van der Waals surface area (Å²) in [4.78, 5) is 17.0. The fraction of sp³-hybridized carbons (Fsp3) is 0.229. The fourth-order valence-electron chi connectivity index (χ4n) is 7.16. The Morgan fingerprint density at radius 3 is 1.78 bits per heavy atom. The molecule has 12 heteroatoms. The molecule has 2 N–H and O–H groups in total. The fourth-order valence-corrected chi connectivity index (χ4v) is 8.37. The molecule has 2 atom stereocenters. The lowest BCUT2D eigenvalue weighted by molar-refractivity contribution is -0.0213. The standard InChI is InChI=1S/C48H50N3O8P/c1-56-47-29-41(26-27-44(47)52)31-51-48(54)50(43(28-37-16-6-2-7-17-37)45(53)33-49(51)30-38-18-8-3-9-19-38)32-42-24-14-15-25-46(42)57-36-60(55,58-34-39-20-10-4-11-21-39)59-35-40-22-12-5-13-23-40/h2-27,29,43,45,52-53H,28,30-36H2,1H3. The minimum atomic E-state index is -3.85. The second-order valence-corrected chi connectivity index (χ2v) is 16.6. The predicted octanol–water partition coefficient (Wildman–Crippen LogP) is 9.19. The maximum Gasteiger partial charge on any atom is 0.368 e. The lowest BCUT2D eigenvalue weighted by Gasteiger charge is -2.36. The van der Waals surface area contributed by atoms with Gasteiger partial charge in [0.05, 0.1) is 45.6 Å². The SMILES string of the molecule is COc1cc(CN2C(=O)N(Cc3ccccc3OCP(=O)(OCc3ccccc3)OCc3ccccc3)C(Cc3ccccc3)C(O)CN2Cc2ccccc2)ccc1O. The van der Waals surface area contributed by atoms with Crippen molar-refractivity contribution in [1.82, 2.24) is 14.9 Å². The monoisotopic (exact) mass is 827 g/mol. The summed E-state index contributed by atoms with van der Waals surface area (Å²) in [5, 5.41) is 26.1. The van der Waals surface area contributed by atoms with Crippen LogP contribution < -0.4 is 9.47 Å². The Morgan fingerprint density at radius 2 is 1.18 bits per heavy atom. The van der Waals surface area contributed by atoms with Crippen LogP contribution in [0.2, 0.25) is 0 Å². The van der Waals surface area contributed by atoms with Crippen LogP contribution in [0.25, 0.3) is 0 Å². The quantitative estimate of drug-likeness (QED) is 0.0818. The van der Waals surface area contributed by atoms with Crippen molar-refractivity contribution in [1.29, 1.82) is 0 Å². The number of urea groups is 1. The molecule has 6 aromatic carbocycles. The minimum Gasteiger partial charge on any atom is -0.504 e. The number of methoxy groups -OCH3 is 1. The smallest absolute Gasteiger partial charge is 0.368 e. The lowest BCUT2D eigenvalue weighted by Crippen LogP contribution is -2.51. The van der Waals surface area contributed by atoms with Crippen LogP contribution in [0.5, 0.6) is 17.2 Å². The van der Waals surface area contributed by atoms with Crippen molar-refractivity contribution in [2.24, 2.45) is 0 Å². The molecule has 310 valence electrons. The molecule has 60 heavy (non-hydrogen) atoms. The molecule has 11 nitrogen and oxygen atoms in total. The Balaban J connectivity index is 1.21. The number of β-amino-alcohol motifs (C(OH)–C–C–N with tert-alkyl or cyclic N) is 1. The summed E-state index contributed by atoms with van der Waals surface area (Å²) in [6, 6.07) is 49.8. The van der Waals surface area contributed by atoms with Crippen LogP contribution in [0, 0.1) is 0 Å². The average Bonchev–Trinajstić information content (AvgIpc) is 3.36.